The van der Waals surface area contributed by atoms with Crippen molar-refractivity contribution in [3.05, 3.63) is 57.6 Å². The fraction of sp³-hybridized carbons (Fsp3) is 0.294. The summed E-state index contributed by atoms with van der Waals surface area (Å²) in [6, 6.07) is 11.8. The van der Waals surface area contributed by atoms with E-state index in [1.54, 1.807) is 13.2 Å². The van der Waals surface area contributed by atoms with Crippen LogP contribution in [0, 0.1) is 6.92 Å². The maximum Gasteiger partial charge on any atom is 0.141 e. The monoisotopic (exact) mass is 323 g/mol. The van der Waals surface area contributed by atoms with Gasteiger partial charge in [0.05, 0.1) is 18.8 Å². The van der Waals surface area contributed by atoms with Crippen molar-refractivity contribution >= 4 is 28.9 Å². The molecule has 0 saturated carbocycles. The van der Waals surface area contributed by atoms with Gasteiger partial charge < -0.3 is 10.1 Å². The number of hydrogen-bond acceptors (Lipinski definition) is 2. The predicted molar refractivity (Wildman–Crippen MR) is 90.8 cm³/mol. The zero-order valence-electron chi connectivity index (χ0n) is 12.4. The van der Waals surface area contributed by atoms with Crippen LogP contribution in [-0.4, -0.2) is 7.11 Å². The lowest BCUT2D eigenvalue weighted by Gasteiger charge is -2.22. The van der Waals surface area contributed by atoms with E-state index in [0.29, 0.717) is 10.0 Å². The van der Waals surface area contributed by atoms with E-state index in [0.717, 1.165) is 23.4 Å². The number of benzene rings is 2. The molecule has 2 rings (SSSR count). The molecule has 0 amide bonds. The van der Waals surface area contributed by atoms with Crippen LogP contribution in [0.1, 0.15) is 30.5 Å². The fourth-order valence-electron chi connectivity index (χ4n) is 2.31. The van der Waals surface area contributed by atoms with Crippen molar-refractivity contribution < 1.29 is 4.74 Å². The van der Waals surface area contributed by atoms with Crippen molar-refractivity contribution in [2.75, 3.05) is 12.4 Å². The number of halogens is 2. The molecule has 0 aliphatic heterocycles. The second-order valence-corrected chi connectivity index (χ2v) is 5.82. The molecule has 0 aromatic heterocycles. The van der Waals surface area contributed by atoms with Crippen molar-refractivity contribution in [2.24, 2.45) is 0 Å². The Balaban J connectivity index is 2.33. The molecule has 0 saturated heterocycles. The van der Waals surface area contributed by atoms with Crippen LogP contribution in [0.3, 0.4) is 0 Å². The van der Waals surface area contributed by atoms with Crippen molar-refractivity contribution in [1.82, 2.24) is 0 Å². The third-order valence-electron chi connectivity index (χ3n) is 3.43. The lowest BCUT2D eigenvalue weighted by atomic mass is 10.0. The van der Waals surface area contributed by atoms with E-state index >= 15 is 0 Å². The Kier molecular flexibility index (Phi) is 5.38. The maximum atomic E-state index is 6.32. The number of aryl methyl sites for hydroxylation is 1. The molecule has 0 radical (unpaired) electrons. The molecule has 2 aromatic carbocycles. The summed E-state index contributed by atoms with van der Waals surface area (Å²) in [5, 5.41) is 4.83. The molecule has 0 spiro atoms. The molecule has 112 valence electrons. The molecule has 2 aromatic rings. The fourth-order valence-corrected chi connectivity index (χ4v) is 2.85. The topological polar surface area (TPSA) is 21.3 Å². The van der Waals surface area contributed by atoms with E-state index in [1.165, 1.54) is 5.56 Å². The number of hydrogen-bond donors (Lipinski definition) is 1. The minimum Gasteiger partial charge on any atom is -0.495 e. The highest BCUT2D eigenvalue weighted by Gasteiger charge is 2.15. The first-order valence-electron chi connectivity index (χ1n) is 6.91. The van der Waals surface area contributed by atoms with E-state index in [-0.39, 0.29) is 6.04 Å². The molecule has 0 aliphatic rings. The van der Waals surface area contributed by atoms with E-state index in [1.807, 2.05) is 24.3 Å². The molecule has 0 fully saturated rings. The van der Waals surface area contributed by atoms with Gasteiger partial charge in [-0.3, -0.25) is 0 Å². The smallest absolute Gasteiger partial charge is 0.141 e. The van der Waals surface area contributed by atoms with Crippen LogP contribution >= 0.6 is 23.2 Å². The second-order valence-electron chi connectivity index (χ2n) is 4.97. The highest BCUT2D eigenvalue weighted by molar-refractivity contribution is 6.35. The van der Waals surface area contributed by atoms with Crippen LogP contribution in [0.15, 0.2) is 36.4 Å². The number of nitrogens with one attached hydrogen (secondary N) is 1. The predicted octanol–water partition coefficient (Wildman–Crippen LogP) is 5.87. The van der Waals surface area contributed by atoms with Gasteiger partial charge >= 0.3 is 0 Å². The Morgan fingerprint density at radius 3 is 2.52 bits per heavy atom. The van der Waals surface area contributed by atoms with Gasteiger partial charge in [0.1, 0.15) is 5.75 Å². The van der Waals surface area contributed by atoms with Gasteiger partial charge in [0.15, 0.2) is 0 Å². The Morgan fingerprint density at radius 2 is 1.90 bits per heavy atom. The van der Waals surface area contributed by atoms with Crippen LogP contribution in [0.5, 0.6) is 5.75 Å². The highest BCUT2D eigenvalue weighted by atomic mass is 35.5. The minimum absolute atomic E-state index is 0.102. The van der Waals surface area contributed by atoms with Gasteiger partial charge in [0.25, 0.3) is 0 Å². The molecule has 0 bridgehead atoms. The Hall–Kier alpha value is -1.38. The summed E-state index contributed by atoms with van der Waals surface area (Å²) in [5.74, 6) is 0.823. The Bertz CT molecular complexity index is 628. The standard InChI is InChI=1S/C17H19Cl2NO/c1-4-15(13-7-6-12(18)10-14(13)19)20-16-9-11(2)5-8-17(16)21-3/h5-10,15,20H,4H2,1-3H3. The summed E-state index contributed by atoms with van der Waals surface area (Å²) in [4.78, 5) is 0. The summed E-state index contributed by atoms with van der Waals surface area (Å²) >= 11 is 12.3. The summed E-state index contributed by atoms with van der Waals surface area (Å²) in [7, 11) is 1.67. The van der Waals surface area contributed by atoms with Gasteiger partial charge in [0.2, 0.25) is 0 Å². The van der Waals surface area contributed by atoms with Gasteiger partial charge in [-0.05, 0) is 48.7 Å². The summed E-state index contributed by atoms with van der Waals surface area (Å²) in [5.41, 5.74) is 3.18. The minimum atomic E-state index is 0.102. The largest absolute Gasteiger partial charge is 0.495 e. The summed E-state index contributed by atoms with van der Waals surface area (Å²) < 4.78 is 5.41. The molecule has 2 nitrogen and oxygen atoms in total. The molecule has 0 aliphatic carbocycles. The Morgan fingerprint density at radius 1 is 1.14 bits per heavy atom. The van der Waals surface area contributed by atoms with Crippen LogP contribution < -0.4 is 10.1 Å². The molecular formula is C17H19Cl2NO. The first-order chi connectivity index (χ1) is 10.0. The van der Waals surface area contributed by atoms with Crippen molar-refractivity contribution in [1.29, 1.82) is 0 Å². The Labute approximate surface area is 136 Å². The van der Waals surface area contributed by atoms with Gasteiger partial charge in [-0.25, -0.2) is 0 Å². The zero-order chi connectivity index (χ0) is 15.4. The van der Waals surface area contributed by atoms with Crippen LogP contribution in [0.2, 0.25) is 10.0 Å². The van der Waals surface area contributed by atoms with E-state index in [9.17, 15) is 0 Å². The molecule has 4 heteroatoms. The number of methoxy groups -OCH3 is 1. The molecule has 0 heterocycles. The first-order valence-corrected chi connectivity index (χ1v) is 7.67. The van der Waals surface area contributed by atoms with Crippen LogP contribution in [-0.2, 0) is 0 Å². The molecule has 1 unspecified atom stereocenters. The molecule has 1 atom stereocenters. The number of rotatable bonds is 5. The van der Waals surface area contributed by atoms with Gasteiger partial charge in [-0.2, -0.15) is 0 Å². The highest BCUT2D eigenvalue weighted by Crippen LogP contribution is 2.34. The lowest BCUT2D eigenvalue weighted by molar-refractivity contribution is 0.416. The van der Waals surface area contributed by atoms with E-state index in [2.05, 4.69) is 25.2 Å². The van der Waals surface area contributed by atoms with E-state index in [4.69, 9.17) is 27.9 Å². The number of ether oxygens (including phenoxy) is 1. The second kappa shape index (κ2) is 7.06. The van der Waals surface area contributed by atoms with Crippen molar-refractivity contribution in [2.45, 2.75) is 26.3 Å². The summed E-state index contributed by atoms with van der Waals surface area (Å²) in [6.07, 6.45) is 0.901. The number of anilines is 1. The third kappa shape index (κ3) is 3.84. The van der Waals surface area contributed by atoms with Crippen LogP contribution in [0.4, 0.5) is 5.69 Å². The quantitative estimate of drug-likeness (QED) is 0.742. The lowest BCUT2D eigenvalue weighted by Crippen LogP contribution is -2.11. The average Bonchev–Trinajstić information content (AvgIpc) is 2.45. The SMILES string of the molecule is CCC(Nc1cc(C)ccc1OC)c1ccc(Cl)cc1Cl. The summed E-state index contributed by atoms with van der Waals surface area (Å²) in [6.45, 7) is 4.17. The molecule has 1 N–H and O–H groups in total. The average molecular weight is 324 g/mol. The third-order valence-corrected chi connectivity index (χ3v) is 3.99. The van der Waals surface area contributed by atoms with Gasteiger partial charge in [0, 0.05) is 10.0 Å². The van der Waals surface area contributed by atoms with E-state index < -0.39 is 0 Å². The maximum absolute atomic E-state index is 6.32. The van der Waals surface area contributed by atoms with Crippen molar-refractivity contribution in [3.63, 3.8) is 0 Å². The van der Waals surface area contributed by atoms with Crippen molar-refractivity contribution in [3.8, 4) is 5.75 Å². The van der Waals surface area contributed by atoms with Gasteiger partial charge in [-0.15, -0.1) is 0 Å². The molecular weight excluding hydrogens is 305 g/mol. The molecule has 21 heavy (non-hydrogen) atoms. The first kappa shape index (κ1) is 16.0. The van der Waals surface area contributed by atoms with Crippen LogP contribution in [0.25, 0.3) is 0 Å². The normalized spacial score (nSPS) is 12.0. The van der Waals surface area contributed by atoms with Gasteiger partial charge in [-0.1, -0.05) is 42.3 Å². The zero-order valence-corrected chi connectivity index (χ0v) is 13.9.